The molecule has 0 amide bonds. The van der Waals surface area contributed by atoms with Crippen molar-refractivity contribution in [3.05, 3.63) is 23.5 Å². The van der Waals surface area contributed by atoms with Gasteiger partial charge in [0.25, 0.3) is 0 Å². The van der Waals surface area contributed by atoms with Gasteiger partial charge in [-0.1, -0.05) is 0 Å². The molecule has 0 unspecified atom stereocenters. The number of halogens is 1. The van der Waals surface area contributed by atoms with Gasteiger partial charge in [0.05, 0.1) is 24.1 Å². The average molecular weight is 304 g/mol. The topological polar surface area (TPSA) is 89.7 Å². The van der Waals surface area contributed by atoms with Crippen LogP contribution in [0.1, 0.15) is 12.0 Å². The molecule has 0 aliphatic rings. The second-order valence-electron chi connectivity index (χ2n) is 4.29. The maximum Gasteiger partial charge on any atom is 0.306 e. The van der Waals surface area contributed by atoms with Crippen LogP contribution in [0.5, 0.6) is 0 Å². The van der Waals surface area contributed by atoms with E-state index in [1.165, 1.54) is 21.1 Å². The van der Waals surface area contributed by atoms with E-state index < -0.39 is 21.8 Å². The van der Waals surface area contributed by atoms with Crippen LogP contribution in [0.15, 0.2) is 17.0 Å². The van der Waals surface area contributed by atoms with E-state index in [-0.39, 0.29) is 29.1 Å². The summed E-state index contributed by atoms with van der Waals surface area (Å²) in [5.74, 6) is -1.18. The van der Waals surface area contributed by atoms with Crippen LogP contribution in [0.4, 0.5) is 10.1 Å². The van der Waals surface area contributed by atoms with Crippen molar-refractivity contribution in [2.24, 2.45) is 0 Å². The fraction of sp³-hybridized carbons (Fsp3) is 0.417. The molecule has 0 radical (unpaired) electrons. The average Bonchev–Trinajstić information content (AvgIpc) is 2.39. The van der Waals surface area contributed by atoms with Gasteiger partial charge in [-0.15, -0.1) is 0 Å². The molecule has 0 atom stereocenters. The van der Waals surface area contributed by atoms with E-state index >= 15 is 0 Å². The van der Waals surface area contributed by atoms with Crippen molar-refractivity contribution in [3.8, 4) is 0 Å². The number of benzene rings is 1. The number of hydrogen-bond donors (Lipinski definition) is 1. The van der Waals surface area contributed by atoms with Crippen molar-refractivity contribution in [3.63, 3.8) is 0 Å². The molecule has 0 bridgehead atoms. The number of ether oxygens (including phenoxy) is 1. The van der Waals surface area contributed by atoms with Crippen LogP contribution >= 0.6 is 0 Å². The number of esters is 1. The standard InChI is InChI=1S/C12H17FN2O4S/c1-8-6-9(13)10(14)7-11(8)20(17,18)15(2)5-4-12(16)19-3/h6-7H,4-5,14H2,1-3H3. The molecule has 0 fully saturated rings. The van der Waals surface area contributed by atoms with Gasteiger partial charge in [0, 0.05) is 13.6 Å². The molecule has 1 rings (SSSR count). The summed E-state index contributed by atoms with van der Waals surface area (Å²) >= 11 is 0. The zero-order valence-corrected chi connectivity index (χ0v) is 12.3. The van der Waals surface area contributed by atoms with Gasteiger partial charge in [0.15, 0.2) is 0 Å². The Morgan fingerprint density at radius 3 is 2.60 bits per heavy atom. The van der Waals surface area contributed by atoms with E-state index in [0.717, 1.165) is 16.4 Å². The number of hydrogen-bond acceptors (Lipinski definition) is 5. The molecule has 2 N–H and O–H groups in total. The van der Waals surface area contributed by atoms with Gasteiger partial charge < -0.3 is 10.5 Å². The molecule has 0 aliphatic carbocycles. The fourth-order valence-electron chi connectivity index (χ4n) is 1.59. The highest BCUT2D eigenvalue weighted by molar-refractivity contribution is 7.89. The largest absolute Gasteiger partial charge is 0.469 e. The zero-order chi connectivity index (χ0) is 15.5. The number of nitrogens with two attached hydrogens (primary N) is 1. The molecule has 1 aromatic carbocycles. The summed E-state index contributed by atoms with van der Waals surface area (Å²) in [6.07, 6.45) is -0.0675. The van der Waals surface area contributed by atoms with Crippen LogP contribution in [0, 0.1) is 12.7 Å². The predicted molar refractivity (Wildman–Crippen MR) is 72.0 cm³/mol. The Kier molecular flexibility index (Phi) is 5.07. The summed E-state index contributed by atoms with van der Waals surface area (Å²) < 4.78 is 43.3. The first kappa shape index (κ1) is 16.4. The highest BCUT2D eigenvalue weighted by atomic mass is 32.2. The third kappa shape index (κ3) is 3.45. The van der Waals surface area contributed by atoms with Gasteiger partial charge in [0.2, 0.25) is 10.0 Å². The number of aryl methyl sites for hydroxylation is 1. The number of rotatable bonds is 5. The van der Waals surface area contributed by atoms with Crippen molar-refractivity contribution in [2.75, 3.05) is 26.4 Å². The van der Waals surface area contributed by atoms with Crippen LogP contribution in [-0.2, 0) is 19.6 Å². The second kappa shape index (κ2) is 6.19. The lowest BCUT2D eigenvalue weighted by atomic mass is 10.2. The third-order valence-electron chi connectivity index (χ3n) is 2.84. The minimum Gasteiger partial charge on any atom is -0.469 e. The number of methoxy groups -OCH3 is 1. The first-order chi connectivity index (χ1) is 9.20. The summed E-state index contributed by atoms with van der Waals surface area (Å²) in [6, 6.07) is 2.14. The number of nitrogen functional groups attached to an aromatic ring is 1. The molecule has 8 heteroatoms. The van der Waals surface area contributed by atoms with E-state index in [1.54, 1.807) is 0 Å². The molecular weight excluding hydrogens is 287 g/mol. The van der Waals surface area contributed by atoms with Gasteiger partial charge in [-0.3, -0.25) is 4.79 Å². The van der Waals surface area contributed by atoms with Crippen molar-refractivity contribution in [2.45, 2.75) is 18.2 Å². The maximum absolute atomic E-state index is 13.3. The number of carbonyl (C=O) groups excluding carboxylic acids is 1. The van der Waals surface area contributed by atoms with Crippen LogP contribution in [0.3, 0.4) is 0 Å². The third-order valence-corrected chi connectivity index (χ3v) is 4.84. The first-order valence-electron chi connectivity index (χ1n) is 5.79. The van der Waals surface area contributed by atoms with Gasteiger partial charge in [-0.05, 0) is 24.6 Å². The molecule has 0 saturated carbocycles. The molecule has 0 spiro atoms. The van der Waals surface area contributed by atoms with E-state index in [1.807, 2.05) is 0 Å². The van der Waals surface area contributed by atoms with Crippen LogP contribution in [0.25, 0.3) is 0 Å². The van der Waals surface area contributed by atoms with Crippen molar-refractivity contribution >= 4 is 21.7 Å². The number of anilines is 1. The van der Waals surface area contributed by atoms with Gasteiger partial charge in [-0.25, -0.2) is 17.1 Å². The van der Waals surface area contributed by atoms with Crippen LogP contribution in [-0.4, -0.2) is 39.4 Å². The summed E-state index contributed by atoms with van der Waals surface area (Å²) in [5, 5.41) is 0. The lowest BCUT2D eigenvalue weighted by molar-refractivity contribution is -0.140. The molecule has 0 aliphatic heterocycles. The molecule has 112 valence electrons. The Morgan fingerprint density at radius 1 is 1.45 bits per heavy atom. The van der Waals surface area contributed by atoms with Crippen LogP contribution < -0.4 is 5.73 Å². The monoisotopic (exact) mass is 304 g/mol. The van der Waals surface area contributed by atoms with Crippen molar-refractivity contribution in [1.29, 1.82) is 0 Å². The molecule has 6 nitrogen and oxygen atoms in total. The van der Waals surface area contributed by atoms with E-state index in [2.05, 4.69) is 4.74 Å². The molecule has 20 heavy (non-hydrogen) atoms. The molecule has 0 heterocycles. The lowest BCUT2D eigenvalue weighted by Gasteiger charge is -2.18. The minimum absolute atomic E-state index is 0.0360. The molecular formula is C12H17FN2O4S. The Morgan fingerprint density at radius 2 is 2.05 bits per heavy atom. The summed E-state index contributed by atoms with van der Waals surface area (Å²) in [5.41, 5.74) is 5.41. The quantitative estimate of drug-likeness (QED) is 0.645. The summed E-state index contributed by atoms with van der Waals surface area (Å²) in [7, 11) is -1.28. The van der Waals surface area contributed by atoms with Gasteiger partial charge in [-0.2, -0.15) is 0 Å². The smallest absolute Gasteiger partial charge is 0.306 e. The molecule has 0 saturated heterocycles. The van der Waals surface area contributed by atoms with Gasteiger partial charge >= 0.3 is 5.97 Å². The number of sulfonamides is 1. The number of nitrogens with zero attached hydrogens (tertiary/aromatic N) is 1. The minimum atomic E-state index is -3.83. The maximum atomic E-state index is 13.3. The SMILES string of the molecule is COC(=O)CCN(C)S(=O)(=O)c1cc(N)c(F)cc1C. The highest BCUT2D eigenvalue weighted by Gasteiger charge is 2.24. The van der Waals surface area contributed by atoms with E-state index in [4.69, 9.17) is 5.73 Å². The number of carbonyl (C=O) groups is 1. The first-order valence-corrected chi connectivity index (χ1v) is 7.23. The summed E-state index contributed by atoms with van der Waals surface area (Å²) in [6.45, 7) is 1.44. The van der Waals surface area contributed by atoms with E-state index in [0.29, 0.717) is 0 Å². The van der Waals surface area contributed by atoms with Crippen LogP contribution in [0.2, 0.25) is 0 Å². The van der Waals surface area contributed by atoms with Crippen molar-refractivity contribution < 1.29 is 22.3 Å². The Labute approximate surface area is 117 Å². The molecule has 1 aromatic rings. The normalized spacial score (nSPS) is 11.7. The zero-order valence-electron chi connectivity index (χ0n) is 11.5. The highest BCUT2D eigenvalue weighted by Crippen LogP contribution is 2.24. The van der Waals surface area contributed by atoms with Gasteiger partial charge in [0.1, 0.15) is 5.82 Å². The summed E-state index contributed by atoms with van der Waals surface area (Å²) in [4.78, 5) is 11.0. The predicted octanol–water partition coefficient (Wildman–Crippen LogP) is 0.900. The fourth-order valence-corrected chi connectivity index (χ4v) is 2.99. The van der Waals surface area contributed by atoms with Crippen molar-refractivity contribution in [1.82, 2.24) is 4.31 Å². The molecule has 0 aromatic heterocycles. The second-order valence-corrected chi connectivity index (χ2v) is 6.31. The Balaban J connectivity index is 3.04. The lowest BCUT2D eigenvalue weighted by Crippen LogP contribution is -2.30. The van der Waals surface area contributed by atoms with E-state index in [9.17, 15) is 17.6 Å². The Hall–Kier alpha value is -1.67. The Bertz CT molecular complexity index is 616.